The number of hydrogen-bond acceptors (Lipinski definition) is 10. The number of hydroxylamine groups is 2. The van der Waals surface area contributed by atoms with E-state index in [1.807, 2.05) is 0 Å². The summed E-state index contributed by atoms with van der Waals surface area (Å²) in [5, 5.41) is 20.7. The second-order valence-electron chi connectivity index (χ2n) is 7.69. The summed E-state index contributed by atoms with van der Waals surface area (Å²) >= 11 is 0. The molecule has 12 nitrogen and oxygen atoms in total. The molecular weight excluding hydrogens is 410 g/mol. The van der Waals surface area contributed by atoms with E-state index in [1.54, 1.807) is 15.8 Å². The van der Waals surface area contributed by atoms with Gasteiger partial charge in [-0.05, 0) is 25.7 Å². The highest BCUT2D eigenvalue weighted by Gasteiger charge is 2.32. The van der Waals surface area contributed by atoms with Gasteiger partial charge in [-0.15, -0.1) is 5.06 Å². The highest BCUT2D eigenvalue weighted by Crippen LogP contribution is 2.26. The molecule has 3 aliphatic rings. The Bertz CT molecular complexity index is 974. The third kappa shape index (κ3) is 4.39. The highest BCUT2D eigenvalue weighted by molar-refractivity contribution is 6.01. The summed E-state index contributed by atoms with van der Waals surface area (Å²) in [6.45, 7) is 0.652. The number of nitrogens with zero attached hydrogens (tertiary/aromatic N) is 5. The standard InChI is InChI=1S/C19H25N5O7/c25-9-12-4-7-15(30-12)23-11-20-17-18(23)21-10-22(19(17)29)8-2-1-3-16(28)31-24-13(26)5-6-14(24)27/h11-12,15,25,29H,1-10H2/t12-,15+/m0/s1. The molecule has 0 unspecified atom stereocenters. The van der Waals surface area contributed by atoms with Crippen molar-refractivity contribution in [3.63, 3.8) is 0 Å². The average Bonchev–Trinajstić information content (AvgIpc) is 3.47. The second kappa shape index (κ2) is 9.02. The van der Waals surface area contributed by atoms with Gasteiger partial charge in [0.15, 0.2) is 10.8 Å². The summed E-state index contributed by atoms with van der Waals surface area (Å²) in [7, 11) is 0. The molecule has 31 heavy (non-hydrogen) atoms. The summed E-state index contributed by atoms with van der Waals surface area (Å²) in [5.74, 6) is -1.63. The molecule has 168 valence electrons. The van der Waals surface area contributed by atoms with Crippen LogP contribution in [0.15, 0.2) is 11.3 Å². The van der Waals surface area contributed by atoms with Crippen LogP contribution < -0.4 is 10.8 Å². The smallest absolute Gasteiger partial charge is 0.333 e. The van der Waals surface area contributed by atoms with E-state index >= 15 is 0 Å². The molecule has 1 aromatic rings. The molecule has 2 fully saturated rings. The van der Waals surface area contributed by atoms with Crippen LogP contribution in [0.5, 0.6) is 0 Å². The third-order valence-electron chi connectivity index (χ3n) is 5.53. The average molecular weight is 435 g/mol. The Labute approximate surface area is 177 Å². The van der Waals surface area contributed by atoms with Gasteiger partial charge in [-0.3, -0.25) is 14.2 Å². The Morgan fingerprint density at radius 1 is 1.23 bits per heavy atom. The van der Waals surface area contributed by atoms with Gasteiger partial charge in [0.1, 0.15) is 12.9 Å². The van der Waals surface area contributed by atoms with Crippen molar-refractivity contribution < 1.29 is 34.2 Å². The van der Waals surface area contributed by atoms with Crippen molar-refractivity contribution in [2.75, 3.05) is 19.8 Å². The number of aliphatic hydroxyl groups is 2. The van der Waals surface area contributed by atoms with Crippen molar-refractivity contribution in [3.8, 4) is 0 Å². The van der Waals surface area contributed by atoms with Crippen molar-refractivity contribution in [1.29, 1.82) is 0 Å². The number of hydrogen-bond donors (Lipinski definition) is 2. The molecule has 0 bridgehead atoms. The number of imidazole rings is 1. The van der Waals surface area contributed by atoms with Crippen LogP contribution >= 0.6 is 0 Å². The monoisotopic (exact) mass is 435 g/mol. The molecule has 4 heterocycles. The molecule has 0 aliphatic carbocycles. The summed E-state index contributed by atoms with van der Waals surface area (Å²) < 4.78 is 7.54. The number of ether oxygens (including phenoxy) is 1. The number of aromatic nitrogens is 2. The molecule has 2 amide bonds. The minimum Gasteiger partial charge on any atom is -0.493 e. The van der Waals surface area contributed by atoms with Gasteiger partial charge in [-0.25, -0.2) is 14.8 Å². The van der Waals surface area contributed by atoms with E-state index in [1.165, 1.54) is 0 Å². The Morgan fingerprint density at radius 2 is 2.00 bits per heavy atom. The van der Waals surface area contributed by atoms with Gasteiger partial charge < -0.3 is 24.7 Å². The van der Waals surface area contributed by atoms with Crippen LogP contribution in [0.4, 0.5) is 0 Å². The summed E-state index contributed by atoms with van der Waals surface area (Å²) in [5.41, 5.74) is 0.542. The lowest BCUT2D eigenvalue weighted by molar-refractivity contribution is -0.197. The molecule has 12 heteroatoms. The number of aliphatic hydroxyl groups excluding tert-OH is 2. The highest BCUT2D eigenvalue weighted by atomic mass is 16.7. The van der Waals surface area contributed by atoms with Crippen molar-refractivity contribution in [2.24, 2.45) is 4.99 Å². The van der Waals surface area contributed by atoms with Crippen molar-refractivity contribution >= 4 is 23.7 Å². The lowest BCUT2D eigenvalue weighted by atomic mass is 10.2. The Hall–Kier alpha value is -2.99. The number of amides is 2. The van der Waals surface area contributed by atoms with Crippen LogP contribution in [0.25, 0.3) is 5.88 Å². The number of carbonyl (C=O) groups is 3. The first-order chi connectivity index (χ1) is 15.0. The normalized spacial score (nSPS) is 23.3. The van der Waals surface area contributed by atoms with Gasteiger partial charge in [-0.2, -0.15) is 0 Å². The van der Waals surface area contributed by atoms with Crippen LogP contribution in [0.3, 0.4) is 0 Å². The quantitative estimate of drug-likeness (QED) is 0.381. The summed E-state index contributed by atoms with van der Waals surface area (Å²) in [6.07, 6.45) is 3.79. The lowest BCUT2D eigenvalue weighted by Gasteiger charge is -2.23. The number of fused-ring (bicyclic) bond motifs is 1. The second-order valence-corrected chi connectivity index (χ2v) is 7.69. The van der Waals surface area contributed by atoms with Crippen molar-refractivity contribution in [3.05, 3.63) is 17.2 Å². The number of carbonyl (C=O) groups excluding carboxylic acids is 3. The van der Waals surface area contributed by atoms with Gasteiger partial charge in [0.25, 0.3) is 11.8 Å². The fraction of sp³-hybridized carbons (Fsp3) is 0.632. The Kier molecular flexibility index (Phi) is 6.18. The first-order valence-electron chi connectivity index (χ1n) is 10.4. The van der Waals surface area contributed by atoms with Crippen LogP contribution in [-0.4, -0.2) is 73.4 Å². The van der Waals surface area contributed by atoms with Crippen LogP contribution in [0, 0.1) is 0 Å². The minimum atomic E-state index is -0.640. The topological polar surface area (TPSA) is 147 Å². The maximum absolute atomic E-state index is 11.8. The predicted molar refractivity (Wildman–Crippen MR) is 102 cm³/mol. The van der Waals surface area contributed by atoms with Gasteiger partial charge in [0.2, 0.25) is 5.88 Å². The van der Waals surface area contributed by atoms with E-state index < -0.39 is 17.8 Å². The molecule has 3 aliphatic heterocycles. The van der Waals surface area contributed by atoms with E-state index in [2.05, 4.69) is 9.98 Å². The Balaban J connectivity index is 1.28. The van der Waals surface area contributed by atoms with Crippen molar-refractivity contribution in [1.82, 2.24) is 19.5 Å². The molecule has 0 radical (unpaired) electrons. The fourth-order valence-electron chi connectivity index (χ4n) is 3.83. The zero-order valence-corrected chi connectivity index (χ0v) is 17.0. The molecular formula is C19H25N5O7. The number of unbranched alkanes of at least 4 members (excludes halogenated alkanes) is 1. The zero-order chi connectivity index (χ0) is 22.0. The lowest BCUT2D eigenvalue weighted by Crippen LogP contribution is -2.44. The van der Waals surface area contributed by atoms with Gasteiger partial charge >= 0.3 is 5.97 Å². The predicted octanol–water partition coefficient (Wildman–Crippen LogP) is -1.15. The van der Waals surface area contributed by atoms with E-state index in [-0.39, 0.29) is 50.8 Å². The molecule has 2 saturated heterocycles. The van der Waals surface area contributed by atoms with Crippen LogP contribution in [0.2, 0.25) is 0 Å². The van der Waals surface area contributed by atoms with Crippen LogP contribution in [-0.2, 0) is 24.0 Å². The largest absolute Gasteiger partial charge is 0.493 e. The van der Waals surface area contributed by atoms with Crippen LogP contribution in [0.1, 0.15) is 51.2 Å². The Morgan fingerprint density at radius 3 is 2.71 bits per heavy atom. The van der Waals surface area contributed by atoms with Crippen molar-refractivity contribution in [2.45, 2.75) is 57.3 Å². The molecule has 0 spiro atoms. The molecule has 0 aromatic carbocycles. The number of imide groups is 1. The number of rotatable bonds is 8. The third-order valence-corrected chi connectivity index (χ3v) is 5.53. The molecule has 0 saturated carbocycles. The van der Waals surface area contributed by atoms with E-state index in [4.69, 9.17) is 9.57 Å². The van der Waals surface area contributed by atoms with E-state index in [9.17, 15) is 24.6 Å². The van der Waals surface area contributed by atoms with E-state index in [0.29, 0.717) is 35.3 Å². The maximum atomic E-state index is 11.8. The first kappa shape index (κ1) is 21.2. The molecule has 1 aromatic heterocycles. The maximum Gasteiger partial charge on any atom is 0.333 e. The summed E-state index contributed by atoms with van der Waals surface area (Å²) in [6, 6.07) is 0. The minimum absolute atomic E-state index is 0.0105. The first-order valence-corrected chi connectivity index (χ1v) is 10.4. The SMILES string of the molecule is O=C(CCCCN1CN=c2c(ncn2[C@H]2CC[C@@H](CO)O2)=C1O)ON1C(=O)CCC1=O. The van der Waals surface area contributed by atoms with Gasteiger partial charge in [0, 0.05) is 25.8 Å². The summed E-state index contributed by atoms with van der Waals surface area (Å²) in [4.78, 5) is 50.0. The van der Waals surface area contributed by atoms with Gasteiger partial charge in [-0.1, -0.05) is 0 Å². The molecule has 4 rings (SSSR count). The molecule has 2 atom stereocenters. The fourth-order valence-corrected chi connectivity index (χ4v) is 3.83. The van der Waals surface area contributed by atoms with E-state index in [0.717, 1.165) is 12.8 Å². The zero-order valence-electron chi connectivity index (χ0n) is 17.0. The molecule has 2 N–H and O–H groups in total. The van der Waals surface area contributed by atoms with Gasteiger partial charge in [0.05, 0.1) is 19.0 Å².